The summed E-state index contributed by atoms with van der Waals surface area (Å²) >= 11 is 0. The lowest BCUT2D eigenvalue weighted by atomic mass is 10.0. The highest BCUT2D eigenvalue weighted by Crippen LogP contribution is 2.25. The van der Waals surface area contributed by atoms with Crippen LogP contribution in [-0.2, 0) is 0 Å². The number of hydrogen-bond donors (Lipinski definition) is 1. The maximum Gasteiger partial charge on any atom is 0.0244 e. The Morgan fingerprint density at radius 1 is 1.06 bits per heavy atom. The molecule has 2 rings (SSSR count). The van der Waals surface area contributed by atoms with Crippen LogP contribution in [0, 0.1) is 5.92 Å². The first-order valence-electron chi connectivity index (χ1n) is 7.85. The van der Waals surface area contributed by atoms with Crippen LogP contribution in [0.3, 0.4) is 0 Å². The van der Waals surface area contributed by atoms with Gasteiger partial charge in [-0.1, -0.05) is 26.7 Å². The zero-order chi connectivity index (χ0) is 13.0. The summed E-state index contributed by atoms with van der Waals surface area (Å²) < 4.78 is 0. The van der Waals surface area contributed by atoms with E-state index >= 15 is 0 Å². The lowest BCUT2D eigenvalue weighted by molar-refractivity contribution is 0.0559. The quantitative estimate of drug-likeness (QED) is 0.806. The molecule has 3 heteroatoms. The fourth-order valence-electron chi connectivity index (χ4n) is 3.70. The van der Waals surface area contributed by atoms with Crippen molar-refractivity contribution in [1.82, 2.24) is 15.1 Å². The third-order valence-corrected chi connectivity index (χ3v) is 4.84. The van der Waals surface area contributed by atoms with Gasteiger partial charge in [-0.05, 0) is 25.8 Å². The van der Waals surface area contributed by atoms with Crippen molar-refractivity contribution in [3.05, 3.63) is 0 Å². The topological polar surface area (TPSA) is 18.5 Å². The molecule has 0 aromatic carbocycles. The molecule has 0 bridgehead atoms. The second kappa shape index (κ2) is 6.88. The summed E-state index contributed by atoms with van der Waals surface area (Å²) in [6, 6.07) is 1.62. The molecule has 0 radical (unpaired) electrons. The number of nitrogens with zero attached hydrogens (tertiary/aromatic N) is 2. The predicted octanol–water partition coefficient (Wildman–Crippen LogP) is 1.79. The first kappa shape index (κ1) is 14.3. The van der Waals surface area contributed by atoms with Gasteiger partial charge < -0.3 is 5.32 Å². The van der Waals surface area contributed by atoms with Crippen LogP contribution in [0.25, 0.3) is 0 Å². The molecule has 0 aromatic heterocycles. The van der Waals surface area contributed by atoms with E-state index in [9.17, 15) is 0 Å². The molecular formula is C15H31N3. The predicted molar refractivity (Wildman–Crippen MR) is 78.0 cm³/mol. The van der Waals surface area contributed by atoms with Crippen LogP contribution in [0.15, 0.2) is 0 Å². The van der Waals surface area contributed by atoms with E-state index in [1.54, 1.807) is 0 Å². The zero-order valence-electron chi connectivity index (χ0n) is 12.5. The van der Waals surface area contributed by atoms with Gasteiger partial charge in [-0.25, -0.2) is 0 Å². The second-order valence-corrected chi connectivity index (χ2v) is 6.38. The molecule has 1 atom stereocenters. The lowest BCUT2D eigenvalue weighted by Gasteiger charge is -2.42. The van der Waals surface area contributed by atoms with Crippen molar-refractivity contribution in [2.75, 3.05) is 39.8 Å². The summed E-state index contributed by atoms with van der Waals surface area (Å²) in [6.07, 6.45) is 5.81. The molecule has 2 fully saturated rings. The Balaban J connectivity index is 1.80. The second-order valence-electron chi connectivity index (χ2n) is 6.38. The van der Waals surface area contributed by atoms with Gasteiger partial charge in [-0.15, -0.1) is 0 Å². The summed E-state index contributed by atoms with van der Waals surface area (Å²) in [5.74, 6) is 0.746. The molecule has 1 saturated heterocycles. The Hall–Kier alpha value is -0.120. The third kappa shape index (κ3) is 3.46. The number of piperazine rings is 1. The SMILES string of the molecule is CNCC(C(C)C)N1CCN(C2CCCC2)CC1. The van der Waals surface area contributed by atoms with Crippen molar-refractivity contribution >= 4 is 0 Å². The Morgan fingerprint density at radius 3 is 2.17 bits per heavy atom. The van der Waals surface area contributed by atoms with E-state index in [1.807, 2.05) is 0 Å². The van der Waals surface area contributed by atoms with Crippen LogP contribution in [0.1, 0.15) is 39.5 Å². The molecule has 0 amide bonds. The van der Waals surface area contributed by atoms with Crippen molar-refractivity contribution in [3.63, 3.8) is 0 Å². The van der Waals surface area contributed by atoms with Crippen molar-refractivity contribution in [2.24, 2.45) is 5.92 Å². The van der Waals surface area contributed by atoms with E-state index in [-0.39, 0.29) is 0 Å². The zero-order valence-corrected chi connectivity index (χ0v) is 12.5. The Kier molecular flexibility index (Phi) is 5.46. The van der Waals surface area contributed by atoms with Gasteiger partial charge in [0.2, 0.25) is 0 Å². The minimum atomic E-state index is 0.709. The standard InChI is InChI=1S/C15H31N3/c1-13(2)15(12-16-3)18-10-8-17(9-11-18)14-6-4-5-7-14/h13-16H,4-12H2,1-3H3. The summed E-state index contributed by atoms with van der Waals surface area (Å²) in [7, 11) is 2.07. The molecule has 1 aliphatic carbocycles. The average molecular weight is 253 g/mol. The van der Waals surface area contributed by atoms with Gasteiger partial charge in [0.1, 0.15) is 0 Å². The molecule has 1 N–H and O–H groups in total. The van der Waals surface area contributed by atoms with Gasteiger partial charge in [0.25, 0.3) is 0 Å². The van der Waals surface area contributed by atoms with Gasteiger partial charge in [0.15, 0.2) is 0 Å². The Labute approximate surface area is 113 Å². The van der Waals surface area contributed by atoms with Gasteiger partial charge in [0, 0.05) is 44.8 Å². The molecule has 0 spiro atoms. The highest BCUT2D eigenvalue weighted by Gasteiger charge is 2.29. The van der Waals surface area contributed by atoms with E-state index in [4.69, 9.17) is 0 Å². The van der Waals surface area contributed by atoms with E-state index in [0.717, 1.165) is 18.5 Å². The van der Waals surface area contributed by atoms with Crippen molar-refractivity contribution < 1.29 is 0 Å². The highest BCUT2D eigenvalue weighted by molar-refractivity contribution is 4.85. The minimum absolute atomic E-state index is 0.709. The number of hydrogen-bond acceptors (Lipinski definition) is 3. The maximum absolute atomic E-state index is 3.36. The summed E-state index contributed by atoms with van der Waals surface area (Å²) in [6.45, 7) is 10.9. The third-order valence-electron chi connectivity index (χ3n) is 4.84. The molecule has 1 heterocycles. The van der Waals surface area contributed by atoms with Crippen molar-refractivity contribution in [3.8, 4) is 0 Å². The van der Waals surface area contributed by atoms with Crippen molar-refractivity contribution in [1.29, 1.82) is 0 Å². The maximum atomic E-state index is 3.36. The molecule has 3 nitrogen and oxygen atoms in total. The van der Waals surface area contributed by atoms with Gasteiger partial charge in [-0.2, -0.15) is 0 Å². The monoisotopic (exact) mass is 253 g/mol. The molecule has 0 aromatic rings. The van der Waals surface area contributed by atoms with Crippen LogP contribution >= 0.6 is 0 Å². The smallest absolute Gasteiger partial charge is 0.0244 e. The first-order chi connectivity index (χ1) is 8.72. The van der Waals surface area contributed by atoms with Gasteiger partial charge in [-0.3, -0.25) is 9.80 Å². The average Bonchev–Trinajstić information content (AvgIpc) is 2.90. The molecule has 18 heavy (non-hydrogen) atoms. The Bertz CT molecular complexity index is 228. The Morgan fingerprint density at radius 2 is 1.67 bits per heavy atom. The van der Waals surface area contributed by atoms with Crippen LogP contribution in [-0.4, -0.2) is 61.7 Å². The van der Waals surface area contributed by atoms with Crippen molar-refractivity contribution in [2.45, 2.75) is 51.6 Å². The summed E-state index contributed by atoms with van der Waals surface area (Å²) in [5.41, 5.74) is 0. The van der Waals surface area contributed by atoms with E-state index in [0.29, 0.717) is 6.04 Å². The van der Waals surface area contributed by atoms with E-state index in [1.165, 1.54) is 51.9 Å². The van der Waals surface area contributed by atoms with E-state index < -0.39 is 0 Å². The molecule has 1 aliphatic heterocycles. The number of rotatable bonds is 5. The fraction of sp³-hybridized carbons (Fsp3) is 1.00. The van der Waals surface area contributed by atoms with Crippen LogP contribution in [0.4, 0.5) is 0 Å². The molecule has 2 aliphatic rings. The van der Waals surface area contributed by atoms with Gasteiger partial charge >= 0.3 is 0 Å². The lowest BCUT2D eigenvalue weighted by Crippen LogP contribution is -2.55. The van der Waals surface area contributed by atoms with Crippen LogP contribution < -0.4 is 5.32 Å². The largest absolute Gasteiger partial charge is 0.318 e. The van der Waals surface area contributed by atoms with Crippen LogP contribution in [0.5, 0.6) is 0 Å². The normalized spacial score (nSPS) is 26.0. The van der Waals surface area contributed by atoms with Crippen LogP contribution in [0.2, 0.25) is 0 Å². The number of nitrogens with one attached hydrogen (secondary N) is 1. The van der Waals surface area contributed by atoms with Gasteiger partial charge in [0.05, 0.1) is 0 Å². The highest BCUT2D eigenvalue weighted by atomic mass is 15.3. The molecule has 1 unspecified atom stereocenters. The molecule has 106 valence electrons. The molecule has 1 saturated carbocycles. The summed E-state index contributed by atoms with van der Waals surface area (Å²) in [4.78, 5) is 5.45. The van der Waals surface area contributed by atoms with E-state index in [2.05, 4.69) is 36.0 Å². The molecular weight excluding hydrogens is 222 g/mol. The summed E-state index contributed by atoms with van der Waals surface area (Å²) in [5, 5.41) is 3.36. The fourth-order valence-corrected chi connectivity index (χ4v) is 3.70. The number of likely N-dealkylation sites (N-methyl/N-ethyl adjacent to an activating group) is 1. The first-order valence-corrected chi connectivity index (χ1v) is 7.85. The minimum Gasteiger partial charge on any atom is -0.318 e.